The van der Waals surface area contributed by atoms with E-state index in [0.717, 1.165) is 25.8 Å². The van der Waals surface area contributed by atoms with Gasteiger partial charge in [-0.25, -0.2) is 0 Å². The molecule has 2 amide bonds. The summed E-state index contributed by atoms with van der Waals surface area (Å²) in [6.07, 6.45) is 2.77. The molecule has 0 saturated carbocycles. The molecular formula is C20H22N6O5. The quantitative estimate of drug-likeness (QED) is 0.500. The third-order valence-electron chi connectivity index (χ3n) is 5.69. The average molecular weight is 426 g/mol. The van der Waals surface area contributed by atoms with E-state index in [2.05, 4.69) is 20.6 Å². The minimum absolute atomic E-state index is 0.00631. The number of anilines is 3. The number of hydrogen-bond acceptors (Lipinski definition) is 7. The van der Waals surface area contributed by atoms with Gasteiger partial charge in [0.05, 0.1) is 16.4 Å². The van der Waals surface area contributed by atoms with Crippen LogP contribution in [0.5, 0.6) is 0 Å². The van der Waals surface area contributed by atoms with Gasteiger partial charge in [0.1, 0.15) is 11.5 Å². The molecule has 1 aromatic heterocycles. The molecule has 162 valence electrons. The van der Waals surface area contributed by atoms with Gasteiger partial charge in [-0.3, -0.25) is 29.5 Å². The molecule has 11 heteroatoms. The number of nitrogens with one attached hydrogen (secondary N) is 3. The van der Waals surface area contributed by atoms with Crippen LogP contribution in [0.1, 0.15) is 44.1 Å². The maximum Gasteiger partial charge on any atom is 0.292 e. The van der Waals surface area contributed by atoms with Gasteiger partial charge in [0.25, 0.3) is 11.2 Å². The van der Waals surface area contributed by atoms with E-state index < -0.39 is 28.2 Å². The predicted molar refractivity (Wildman–Crippen MR) is 113 cm³/mol. The predicted octanol–water partition coefficient (Wildman–Crippen LogP) is 2.12. The highest BCUT2D eigenvalue weighted by molar-refractivity contribution is 6.05. The van der Waals surface area contributed by atoms with Gasteiger partial charge < -0.3 is 15.5 Å². The van der Waals surface area contributed by atoms with Gasteiger partial charge in [-0.2, -0.15) is 4.98 Å². The van der Waals surface area contributed by atoms with Gasteiger partial charge in [0.15, 0.2) is 0 Å². The van der Waals surface area contributed by atoms with Gasteiger partial charge in [0, 0.05) is 25.1 Å². The lowest BCUT2D eigenvalue weighted by Gasteiger charge is -2.34. The van der Waals surface area contributed by atoms with Crippen LogP contribution in [-0.4, -0.2) is 39.3 Å². The zero-order valence-corrected chi connectivity index (χ0v) is 16.9. The number of amides is 2. The molecule has 2 atom stereocenters. The number of H-pyrrole nitrogens is 1. The first-order valence-corrected chi connectivity index (χ1v) is 10.1. The minimum atomic E-state index is -1.12. The number of para-hydroxylation sites is 2. The Balaban J connectivity index is 1.68. The second-order valence-electron chi connectivity index (χ2n) is 7.76. The fourth-order valence-corrected chi connectivity index (χ4v) is 4.09. The molecule has 3 heterocycles. The number of nitro benzene ring substituents is 1. The molecule has 0 bridgehead atoms. The van der Waals surface area contributed by atoms with Crippen molar-refractivity contribution in [3.63, 3.8) is 0 Å². The van der Waals surface area contributed by atoms with Crippen molar-refractivity contribution < 1.29 is 14.5 Å². The summed E-state index contributed by atoms with van der Waals surface area (Å²) in [6.45, 7) is 2.78. The highest BCUT2D eigenvalue weighted by Gasteiger charge is 2.36. The first kappa shape index (κ1) is 20.5. The highest BCUT2D eigenvalue weighted by Crippen LogP contribution is 2.32. The molecule has 1 saturated heterocycles. The monoisotopic (exact) mass is 426 g/mol. The maximum absolute atomic E-state index is 12.9. The van der Waals surface area contributed by atoms with Crippen molar-refractivity contribution in [2.45, 2.75) is 44.6 Å². The number of piperidine rings is 1. The fourth-order valence-electron chi connectivity index (χ4n) is 4.09. The molecule has 3 N–H and O–H groups in total. The van der Waals surface area contributed by atoms with Crippen molar-refractivity contribution in [1.29, 1.82) is 0 Å². The van der Waals surface area contributed by atoms with E-state index in [0.29, 0.717) is 5.95 Å². The summed E-state index contributed by atoms with van der Waals surface area (Å²) < 4.78 is 0. The Morgan fingerprint density at radius 2 is 2.06 bits per heavy atom. The summed E-state index contributed by atoms with van der Waals surface area (Å²) in [5.74, 6) is -1.85. The summed E-state index contributed by atoms with van der Waals surface area (Å²) in [7, 11) is 0. The number of fused-ring (bicyclic) bond motifs is 1. The van der Waals surface area contributed by atoms with Gasteiger partial charge in [0.2, 0.25) is 17.8 Å². The van der Waals surface area contributed by atoms with Crippen LogP contribution in [0.3, 0.4) is 0 Å². The number of aromatic nitrogens is 2. The topological polar surface area (TPSA) is 150 Å². The minimum Gasteiger partial charge on any atom is -0.340 e. The Bertz CT molecular complexity index is 1110. The Kier molecular flexibility index (Phi) is 5.40. The molecule has 1 fully saturated rings. The molecule has 0 spiro atoms. The molecule has 2 aliphatic heterocycles. The molecule has 0 radical (unpaired) electrons. The third-order valence-corrected chi connectivity index (χ3v) is 5.69. The van der Waals surface area contributed by atoms with Crippen molar-refractivity contribution in [2.75, 3.05) is 22.1 Å². The molecule has 2 aromatic rings. The standard InChI is InChI=1S/C20H22N6O5/c1-11-6-4-5-9-25(11)20-23-17-16(19(29)24-20)12(10-15(27)22-17)18(28)21-13-7-2-3-8-14(13)26(30)31/h2-3,7-8,11-12H,4-6,9-10H2,1H3,(H,21,28)(H2,22,23,24,27,29)/t11-,12-/m1/s1. The Morgan fingerprint density at radius 1 is 1.29 bits per heavy atom. The van der Waals surface area contributed by atoms with E-state index in [1.54, 1.807) is 6.07 Å². The summed E-state index contributed by atoms with van der Waals surface area (Å²) in [5, 5.41) is 16.3. The number of nitro groups is 1. The Morgan fingerprint density at radius 3 is 2.81 bits per heavy atom. The summed E-state index contributed by atoms with van der Waals surface area (Å²) in [4.78, 5) is 57.9. The second kappa shape index (κ2) is 8.17. The van der Waals surface area contributed by atoms with E-state index in [4.69, 9.17) is 0 Å². The van der Waals surface area contributed by atoms with Gasteiger partial charge in [-0.15, -0.1) is 0 Å². The van der Waals surface area contributed by atoms with Crippen LogP contribution in [-0.2, 0) is 9.59 Å². The van der Waals surface area contributed by atoms with Crippen molar-refractivity contribution in [1.82, 2.24) is 9.97 Å². The zero-order valence-electron chi connectivity index (χ0n) is 16.9. The van der Waals surface area contributed by atoms with Crippen molar-refractivity contribution in [3.8, 4) is 0 Å². The first-order valence-electron chi connectivity index (χ1n) is 10.1. The van der Waals surface area contributed by atoms with E-state index in [-0.39, 0.29) is 35.2 Å². The lowest BCUT2D eigenvalue weighted by atomic mass is 9.92. The number of carbonyl (C=O) groups is 2. The zero-order chi connectivity index (χ0) is 22.1. The molecule has 11 nitrogen and oxygen atoms in total. The van der Waals surface area contributed by atoms with Gasteiger partial charge >= 0.3 is 0 Å². The van der Waals surface area contributed by atoms with Gasteiger partial charge in [-0.05, 0) is 32.3 Å². The van der Waals surface area contributed by atoms with E-state index in [1.165, 1.54) is 18.2 Å². The van der Waals surface area contributed by atoms with E-state index >= 15 is 0 Å². The molecular weight excluding hydrogens is 404 g/mol. The van der Waals surface area contributed by atoms with Crippen molar-refractivity contribution in [3.05, 3.63) is 50.3 Å². The molecule has 31 heavy (non-hydrogen) atoms. The number of aromatic amines is 1. The van der Waals surface area contributed by atoms with Crippen LogP contribution in [0.15, 0.2) is 29.1 Å². The van der Waals surface area contributed by atoms with E-state index in [1.807, 2.05) is 11.8 Å². The molecule has 1 aromatic carbocycles. The maximum atomic E-state index is 12.9. The van der Waals surface area contributed by atoms with Crippen LogP contribution in [0, 0.1) is 10.1 Å². The van der Waals surface area contributed by atoms with E-state index in [9.17, 15) is 24.5 Å². The highest BCUT2D eigenvalue weighted by atomic mass is 16.6. The normalized spacial score (nSPS) is 20.5. The number of carbonyl (C=O) groups excluding carboxylic acids is 2. The Hall–Kier alpha value is -3.76. The fraction of sp³-hybridized carbons (Fsp3) is 0.400. The van der Waals surface area contributed by atoms with Crippen LogP contribution in [0.2, 0.25) is 0 Å². The summed E-state index contributed by atoms with van der Waals surface area (Å²) in [6, 6.07) is 5.87. The summed E-state index contributed by atoms with van der Waals surface area (Å²) in [5.41, 5.74) is -0.754. The van der Waals surface area contributed by atoms with Gasteiger partial charge in [-0.1, -0.05) is 12.1 Å². The third kappa shape index (κ3) is 3.98. The number of benzene rings is 1. The van der Waals surface area contributed by atoms with Crippen LogP contribution >= 0.6 is 0 Å². The number of hydrogen-bond donors (Lipinski definition) is 3. The average Bonchev–Trinajstić information content (AvgIpc) is 2.73. The SMILES string of the molecule is C[C@@H]1CCCCN1c1nc2c(c(=O)[nH]1)[C@H](C(=O)Nc1ccccc1[N+](=O)[O-])CC(=O)N2. The van der Waals surface area contributed by atoms with Crippen molar-refractivity contribution >= 4 is 35.0 Å². The lowest BCUT2D eigenvalue weighted by molar-refractivity contribution is -0.383. The smallest absolute Gasteiger partial charge is 0.292 e. The molecule has 2 aliphatic rings. The molecule has 4 rings (SSSR count). The Labute approximate surface area is 177 Å². The molecule has 0 unspecified atom stereocenters. The van der Waals surface area contributed by atoms with Crippen LogP contribution < -0.4 is 21.1 Å². The molecule has 0 aliphatic carbocycles. The first-order chi connectivity index (χ1) is 14.8. The van der Waals surface area contributed by atoms with Crippen molar-refractivity contribution in [2.24, 2.45) is 0 Å². The summed E-state index contributed by atoms with van der Waals surface area (Å²) >= 11 is 0. The number of rotatable bonds is 4. The second-order valence-corrected chi connectivity index (χ2v) is 7.76. The lowest BCUT2D eigenvalue weighted by Crippen LogP contribution is -2.42. The van der Waals surface area contributed by atoms with Crippen LogP contribution in [0.25, 0.3) is 0 Å². The largest absolute Gasteiger partial charge is 0.340 e. The number of nitrogens with zero attached hydrogens (tertiary/aromatic N) is 3. The van der Waals surface area contributed by atoms with Crippen LogP contribution in [0.4, 0.5) is 23.1 Å².